The summed E-state index contributed by atoms with van der Waals surface area (Å²) in [5.74, 6) is -0.811. The van der Waals surface area contributed by atoms with Crippen molar-refractivity contribution in [1.82, 2.24) is 14.5 Å². The summed E-state index contributed by atoms with van der Waals surface area (Å²) in [6, 6.07) is 15.2. The zero-order valence-corrected chi connectivity index (χ0v) is 18.8. The molecule has 2 amide bonds. The molecule has 0 radical (unpaired) electrons. The van der Waals surface area contributed by atoms with Gasteiger partial charge in [0.25, 0.3) is 0 Å². The van der Waals surface area contributed by atoms with Crippen molar-refractivity contribution >= 4 is 33.4 Å². The van der Waals surface area contributed by atoms with Gasteiger partial charge in [-0.15, -0.1) is 0 Å². The van der Waals surface area contributed by atoms with Crippen LogP contribution < -0.4 is 5.32 Å². The van der Waals surface area contributed by atoms with Crippen molar-refractivity contribution < 1.29 is 18.0 Å². The number of sulfonamides is 1. The minimum absolute atomic E-state index is 0.0640. The molecule has 0 saturated carbocycles. The molecule has 2 aromatic carbocycles. The van der Waals surface area contributed by atoms with Crippen molar-refractivity contribution in [1.29, 1.82) is 0 Å². The van der Waals surface area contributed by atoms with Crippen molar-refractivity contribution in [3.8, 4) is 0 Å². The van der Waals surface area contributed by atoms with Crippen molar-refractivity contribution in [2.75, 3.05) is 19.8 Å². The molecule has 2 aromatic rings. The number of nitrogens with one attached hydrogen (secondary N) is 1. The fourth-order valence-corrected chi connectivity index (χ4v) is 3.75. The van der Waals surface area contributed by atoms with E-state index in [0.29, 0.717) is 5.02 Å². The first-order valence-electron chi connectivity index (χ1n) is 9.36. The molecule has 0 spiro atoms. The normalized spacial score (nSPS) is 12.4. The van der Waals surface area contributed by atoms with Crippen molar-refractivity contribution in [3.05, 3.63) is 70.7 Å². The van der Waals surface area contributed by atoms with Crippen LogP contribution in [0.1, 0.15) is 18.1 Å². The number of hydrogen-bond donors (Lipinski definition) is 1. The molecule has 0 aliphatic rings. The Morgan fingerprint density at radius 1 is 1.00 bits per heavy atom. The molecule has 2 rings (SSSR count). The first-order chi connectivity index (χ1) is 14.1. The van der Waals surface area contributed by atoms with E-state index in [1.165, 1.54) is 11.9 Å². The van der Waals surface area contributed by atoms with Gasteiger partial charge in [-0.3, -0.25) is 9.59 Å². The number of amides is 2. The molecule has 30 heavy (non-hydrogen) atoms. The topological polar surface area (TPSA) is 86.8 Å². The van der Waals surface area contributed by atoms with Crippen LogP contribution in [0.5, 0.6) is 0 Å². The van der Waals surface area contributed by atoms with Crippen LogP contribution in [-0.2, 0) is 32.7 Å². The summed E-state index contributed by atoms with van der Waals surface area (Å²) >= 11 is 5.92. The smallest absolute Gasteiger partial charge is 0.242 e. The van der Waals surface area contributed by atoms with E-state index in [2.05, 4.69) is 5.32 Å². The van der Waals surface area contributed by atoms with E-state index in [-0.39, 0.29) is 25.5 Å². The Morgan fingerprint density at radius 3 is 2.10 bits per heavy atom. The van der Waals surface area contributed by atoms with E-state index >= 15 is 0 Å². The third-order valence-electron chi connectivity index (χ3n) is 4.66. The fraction of sp³-hybridized carbons (Fsp3) is 0.333. The van der Waals surface area contributed by atoms with Gasteiger partial charge in [-0.2, -0.15) is 4.31 Å². The lowest BCUT2D eigenvalue weighted by molar-refractivity contribution is -0.140. The number of carbonyl (C=O) groups is 2. The number of nitrogens with zero attached hydrogens (tertiary/aromatic N) is 2. The highest BCUT2D eigenvalue weighted by atomic mass is 35.5. The Balaban J connectivity index is 2.27. The maximum Gasteiger partial charge on any atom is 0.242 e. The Hall–Kier alpha value is -2.42. The monoisotopic (exact) mass is 451 g/mol. The molecule has 0 aliphatic carbocycles. The Labute approximate surface area is 182 Å². The molecular formula is C21H26ClN3O4S. The molecule has 0 unspecified atom stereocenters. The first-order valence-corrected chi connectivity index (χ1v) is 11.6. The van der Waals surface area contributed by atoms with Gasteiger partial charge in [0.15, 0.2) is 0 Å². The second-order valence-corrected chi connectivity index (χ2v) is 9.37. The van der Waals surface area contributed by atoms with Crippen molar-refractivity contribution in [2.45, 2.75) is 26.1 Å². The minimum Gasteiger partial charge on any atom is -0.357 e. The predicted octanol–water partition coefficient (Wildman–Crippen LogP) is 2.26. The summed E-state index contributed by atoms with van der Waals surface area (Å²) in [5.41, 5.74) is 1.54. The maximum atomic E-state index is 13.1. The van der Waals surface area contributed by atoms with Gasteiger partial charge in [0.05, 0.1) is 12.8 Å². The molecule has 9 heteroatoms. The fourth-order valence-electron chi connectivity index (χ4n) is 2.90. The summed E-state index contributed by atoms with van der Waals surface area (Å²) in [6.07, 6.45) is 1.06. The quantitative estimate of drug-likeness (QED) is 0.633. The third-order valence-corrected chi connectivity index (χ3v) is 6.11. The molecule has 162 valence electrons. The van der Waals surface area contributed by atoms with Crippen LogP contribution in [0.25, 0.3) is 0 Å². The number of likely N-dealkylation sites (N-methyl/N-ethyl adjacent to an activating group) is 1. The van der Waals surface area contributed by atoms with E-state index in [9.17, 15) is 18.0 Å². The molecule has 0 fully saturated rings. The lowest BCUT2D eigenvalue weighted by Gasteiger charge is -2.30. The van der Waals surface area contributed by atoms with Crippen LogP contribution in [0.4, 0.5) is 0 Å². The van der Waals surface area contributed by atoms with Crippen LogP contribution >= 0.6 is 11.6 Å². The largest absolute Gasteiger partial charge is 0.357 e. The van der Waals surface area contributed by atoms with Crippen LogP contribution in [-0.4, -0.2) is 55.3 Å². The van der Waals surface area contributed by atoms with Gasteiger partial charge in [0.1, 0.15) is 6.04 Å². The second-order valence-electron chi connectivity index (χ2n) is 6.95. The number of halogens is 1. The molecule has 7 nitrogen and oxygen atoms in total. The zero-order valence-electron chi connectivity index (χ0n) is 17.2. The van der Waals surface area contributed by atoms with E-state index in [1.807, 2.05) is 6.07 Å². The van der Waals surface area contributed by atoms with Crippen LogP contribution in [0, 0.1) is 0 Å². The molecule has 0 saturated heterocycles. The molecule has 0 aliphatic heterocycles. The lowest BCUT2D eigenvalue weighted by atomic mass is 10.1. The Morgan fingerprint density at radius 2 is 1.57 bits per heavy atom. The highest BCUT2D eigenvalue weighted by Crippen LogP contribution is 2.15. The second kappa shape index (κ2) is 10.6. The first kappa shape index (κ1) is 23.9. The van der Waals surface area contributed by atoms with Crippen LogP contribution in [0.2, 0.25) is 5.02 Å². The minimum atomic E-state index is -3.65. The standard InChI is InChI=1S/C21H26ClN3O4S/c1-16(21(27)23-2)25(14-18-9-11-19(22)12-10-18)20(26)15-24(30(3,28)29)13-17-7-5-4-6-8-17/h4-12,16H,13-15H2,1-3H3,(H,23,27)/t16-/m0/s1. The Kier molecular flexibility index (Phi) is 8.40. The van der Waals surface area contributed by atoms with Gasteiger partial charge < -0.3 is 10.2 Å². The zero-order chi connectivity index (χ0) is 22.3. The predicted molar refractivity (Wildman–Crippen MR) is 117 cm³/mol. The molecule has 0 bridgehead atoms. The summed E-state index contributed by atoms with van der Waals surface area (Å²) in [7, 11) is -2.17. The average Bonchev–Trinajstić information content (AvgIpc) is 2.71. The van der Waals surface area contributed by atoms with E-state index in [0.717, 1.165) is 21.7 Å². The van der Waals surface area contributed by atoms with Crippen LogP contribution in [0.3, 0.4) is 0 Å². The number of hydrogen-bond acceptors (Lipinski definition) is 4. The summed E-state index contributed by atoms with van der Waals surface area (Å²) < 4.78 is 25.7. The lowest BCUT2D eigenvalue weighted by Crippen LogP contribution is -2.50. The van der Waals surface area contributed by atoms with E-state index in [4.69, 9.17) is 11.6 Å². The Bertz CT molecular complexity index is 966. The van der Waals surface area contributed by atoms with Gasteiger partial charge in [-0.25, -0.2) is 8.42 Å². The number of benzene rings is 2. The van der Waals surface area contributed by atoms with Gasteiger partial charge in [-0.05, 0) is 30.2 Å². The average molecular weight is 452 g/mol. The van der Waals surface area contributed by atoms with Crippen LogP contribution in [0.15, 0.2) is 54.6 Å². The highest BCUT2D eigenvalue weighted by Gasteiger charge is 2.29. The van der Waals surface area contributed by atoms with Gasteiger partial charge in [0, 0.05) is 25.2 Å². The number of rotatable bonds is 9. The molecule has 0 aromatic heterocycles. The van der Waals surface area contributed by atoms with Gasteiger partial charge in [-0.1, -0.05) is 54.1 Å². The molecule has 1 N–H and O–H groups in total. The number of carbonyl (C=O) groups excluding carboxylic acids is 2. The molecular weight excluding hydrogens is 426 g/mol. The van der Waals surface area contributed by atoms with Gasteiger partial charge >= 0.3 is 0 Å². The summed E-state index contributed by atoms with van der Waals surface area (Å²) in [5, 5.41) is 3.09. The maximum absolute atomic E-state index is 13.1. The third kappa shape index (κ3) is 6.83. The molecule has 1 atom stereocenters. The van der Waals surface area contributed by atoms with E-state index < -0.39 is 22.0 Å². The SMILES string of the molecule is CNC(=O)[C@H](C)N(Cc1ccc(Cl)cc1)C(=O)CN(Cc1ccccc1)S(C)(=O)=O. The van der Waals surface area contributed by atoms with Gasteiger partial charge in [0.2, 0.25) is 21.8 Å². The molecule has 0 heterocycles. The summed E-state index contributed by atoms with van der Waals surface area (Å²) in [6.45, 7) is 1.44. The highest BCUT2D eigenvalue weighted by molar-refractivity contribution is 7.88. The summed E-state index contributed by atoms with van der Waals surface area (Å²) in [4.78, 5) is 26.7. The van der Waals surface area contributed by atoms with Crippen molar-refractivity contribution in [3.63, 3.8) is 0 Å². The van der Waals surface area contributed by atoms with E-state index in [1.54, 1.807) is 55.5 Å². The van der Waals surface area contributed by atoms with Crippen molar-refractivity contribution in [2.24, 2.45) is 0 Å².